The molecule has 0 aromatic carbocycles. The first-order valence-electron chi connectivity index (χ1n) is 5.04. The topological polar surface area (TPSA) is 15.3 Å². The summed E-state index contributed by atoms with van der Waals surface area (Å²) in [5.41, 5.74) is 0.307. The normalized spacial score (nSPS) is 27.0. The van der Waals surface area contributed by atoms with Crippen LogP contribution in [-0.4, -0.2) is 36.1 Å². The Morgan fingerprint density at radius 2 is 2.17 bits per heavy atom. The van der Waals surface area contributed by atoms with Crippen molar-refractivity contribution in [3.05, 3.63) is 0 Å². The van der Waals surface area contributed by atoms with E-state index >= 15 is 0 Å². The summed E-state index contributed by atoms with van der Waals surface area (Å²) in [5, 5.41) is 3.53. The van der Waals surface area contributed by atoms with E-state index in [4.69, 9.17) is 0 Å². The first-order chi connectivity index (χ1) is 5.55. The predicted octanol–water partition coefficient (Wildman–Crippen LogP) is 1.47. The van der Waals surface area contributed by atoms with E-state index in [2.05, 4.69) is 37.9 Å². The molecule has 0 saturated carbocycles. The zero-order valence-corrected chi connectivity index (χ0v) is 8.85. The van der Waals surface area contributed by atoms with Crippen molar-refractivity contribution >= 4 is 0 Å². The van der Waals surface area contributed by atoms with Gasteiger partial charge in [0.05, 0.1) is 0 Å². The maximum absolute atomic E-state index is 3.53. The molecule has 2 nitrogen and oxygen atoms in total. The van der Waals surface area contributed by atoms with Crippen molar-refractivity contribution in [2.45, 2.75) is 45.7 Å². The fraction of sp³-hybridized carbons (Fsp3) is 1.00. The van der Waals surface area contributed by atoms with Crippen LogP contribution >= 0.6 is 0 Å². The van der Waals surface area contributed by atoms with Gasteiger partial charge in [0.25, 0.3) is 0 Å². The summed E-state index contributed by atoms with van der Waals surface area (Å²) in [6.45, 7) is 12.7. The minimum absolute atomic E-state index is 0.307. The maximum Gasteiger partial charge on any atom is 0.0252 e. The lowest BCUT2D eigenvalue weighted by Gasteiger charge is -2.41. The van der Waals surface area contributed by atoms with Gasteiger partial charge in [-0.25, -0.2) is 0 Å². The Kier molecular flexibility index (Phi) is 3.13. The van der Waals surface area contributed by atoms with Crippen LogP contribution < -0.4 is 5.32 Å². The Hall–Kier alpha value is -0.0800. The van der Waals surface area contributed by atoms with Gasteiger partial charge in [0.2, 0.25) is 0 Å². The van der Waals surface area contributed by atoms with Crippen molar-refractivity contribution in [1.82, 2.24) is 10.2 Å². The van der Waals surface area contributed by atoms with Crippen LogP contribution in [0.3, 0.4) is 0 Å². The van der Waals surface area contributed by atoms with Crippen LogP contribution in [0.15, 0.2) is 0 Å². The van der Waals surface area contributed by atoms with Gasteiger partial charge >= 0.3 is 0 Å². The molecule has 0 bridgehead atoms. The monoisotopic (exact) mass is 170 g/mol. The number of hydrogen-bond acceptors (Lipinski definition) is 2. The largest absolute Gasteiger partial charge is 0.309 e. The third-order valence-electron chi connectivity index (χ3n) is 2.82. The van der Waals surface area contributed by atoms with E-state index in [1.54, 1.807) is 0 Å². The lowest BCUT2D eigenvalue weighted by molar-refractivity contribution is 0.114. The third kappa shape index (κ3) is 2.46. The minimum Gasteiger partial charge on any atom is -0.309 e. The van der Waals surface area contributed by atoms with Gasteiger partial charge in [0.1, 0.15) is 0 Å². The van der Waals surface area contributed by atoms with Crippen LogP contribution in [-0.2, 0) is 0 Å². The summed E-state index contributed by atoms with van der Waals surface area (Å²) in [4.78, 5) is 2.58. The molecule has 0 radical (unpaired) electrons. The van der Waals surface area contributed by atoms with Crippen LogP contribution in [0.25, 0.3) is 0 Å². The van der Waals surface area contributed by atoms with Gasteiger partial charge in [-0.05, 0) is 27.2 Å². The van der Waals surface area contributed by atoms with Gasteiger partial charge in [-0.15, -0.1) is 0 Å². The average Bonchev–Trinajstić information content (AvgIpc) is 2.01. The summed E-state index contributed by atoms with van der Waals surface area (Å²) in [6.07, 6.45) is 1.26. The molecule has 1 aliphatic rings. The highest BCUT2D eigenvalue weighted by Crippen LogP contribution is 2.13. The summed E-state index contributed by atoms with van der Waals surface area (Å²) < 4.78 is 0. The van der Waals surface area contributed by atoms with Crippen LogP contribution in [0.5, 0.6) is 0 Å². The minimum atomic E-state index is 0.307. The fourth-order valence-electron chi connectivity index (χ4n) is 1.82. The van der Waals surface area contributed by atoms with Crippen LogP contribution in [0, 0.1) is 0 Å². The second-order valence-corrected chi connectivity index (χ2v) is 4.54. The van der Waals surface area contributed by atoms with Gasteiger partial charge in [-0.1, -0.05) is 6.92 Å². The van der Waals surface area contributed by atoms with E-state index in [-0.39, 0.29) is 0 Å². The Morgan fingerprint density at radius 3 is 2.67 bits per heavy atom. The van der Waals surface area contributed by atoms with Crippen LogP contribution in [0.2, 0.25) is 0 Å². The smallest absolute Gasteiger partial charge is 0.0252 e. The maximum atomic E-state index is 3.53. The summed E-state index contributed by atoms with van der Waals surface area (Å²) >= 11 is 0. The molecule has 1 rings (SSSR count). The highest BCUT2D eigenvalue weighted by atomic mass is 15.2. The lowest BCUT2D eigenvalue weighted by Crippen LogP contribution is -2.58. The highest BCUT2D eigenvalue weighted by molar-refractivity contribution is 4.88. The molecule has 1 atom stereocenters. The molecule has 1 heterocycles. The molecule has 72 valence electrons. The Balaban J connectivity index is 2.46. The average molecular weight is 170 g/mol. The number of hydrogen-bond donors (Lipinski definition) is 1. The quantitative estimate of drug-likeness (QED) is 0.675. The standard InChI is InChI=1S/C10H22N2/c1-5-9(2)12-7-6-11-10(3,4)8-12/h9,11H,5-8H2,1-4H3. The summed E-state index contributed by atoms with van der Waals surface area (Å²) in [7, 11) is 0. The SMILES string of the molecule is CCC(C)N1CCNC(C)(C)C1. The van der Waals surface area contributed by atoms with E-state index < -0.39 is 0 Å². The Bertz CT molecular complexity index is 143. The molecule has 0 aliphatic carbocycles. The van der Waals surface area contributed by atoms with Crippen molar-refractivity contribution in [2.24, 2.45) is 0 Å². The number of piperazine rings is 1. The van der Waals surface area contributed by atoms with Crippen molar-refractivity contribution in [3.8, 4) is 0 Å². The Labute approximate surface area is 76.3 Å². The molecule has 1 unspecified atom stereocenters. The molecule has 1 aliphatic heterocycles. The zero-order chi connectivity index (χ0) is 9.19. The van der Waals surface area contributed by atoms with E-state index in [0.717, 1.165) is 12.6 Å². The molecule has 0 aromatic heterocycles. The lowest BCUT2D eigenvalue weighted by atomic mass is 10.0. The van der Waals surface area contributed by atoms with Crippen molar-refractivity contribution in [2.75, 3.05) is 19.6 Å². The molecule has 0 aromatic rings. The van der Waals surface area contributed by atoms with Crippen molar-refractivity contribution < 1.29 is 0 Å². The first-order valence-corrected chi connectivity index (χ1v) is 5.04. The van der Waals surface area contributed by atoms with Gasteiger partial charge < -0.3 is 5.32 Å². The zero-order valence-electron chi connectivity index (χ0n) is 8.85. The molecule has 0 spiro atoms. The van der Waals surface area contributed by atoms with E-state index in [1.807, 2.05) is 0 Å². The highest BCUT2D eigenvalue weighted by Gasteiger charge is 2.27. The van der Waals surface area contributed by atoms with E-state index in [9.17, 15) is 0 Å². The number of nitrogens with one attached hydrogen (secondary N) is 1. The van der Waals surface area contributed by atoms with Crippen molar-refractivity contribution in [3.63, 3.8) is 0 Å². The number of rotatable bonds is 2. The van der Waals surface area contributed by atoms with E-state index in [0.29, 0.717) is 5.54 Å². The predicted molar refractivity (Wildman–Crippen MR) is 53.4 cm³/mol. The Morgan fingerprint density at radius 1 is 1.50 bits per heavy atom. The molecular weight excluding hydrogens is 148 g/mol. The van der Waals surface area contributed by atoms with Gasteiger partial charge in [-0.2, -0.15) is 0 Å². The molecule has 1 fully saturated rings. The summed E-state index contributed by atoms with van der Waals surface area (Å²) in [5.74, 6) is 0. The fourth-order valence-corrected chi connectivity index (χ4v) is 1.82. The molecule has 1 saturated heterocycles. The van der Waals surface area contributed by atoms with Crippen molar-refractivity contribution in [1.29, 1.82) is 0 Å². The molecule has 0 amide bonds. The second kappa shape index (κ2) is 3.75. The molecule has 2 heteroatoms. The van der Waals surface area contributed by atoms with E-state index in [1.165, 1.54) is 19.5 Å². The van der Waals surface area contributed by atoms with Gasteiger partial charge in [0, 0.05) is 31.2 Å². The number of nitrogens with zero attached hydrogens (tertiary/aromatic N) is 1. The van der Waals surface area contributed by atoms with Crippen LogP contribution in [0.4, 0.5) is 0 Å². The molecular formula is C10H22N2. The van der Waals surface area contributed by atoms with Gasteiger partial charge in [0.15, 0.2) is 0 Å². The molecule has 1 N–H and O–H groups in total. The van der Waals surface area contributed by atoms with Gasteiger partial charge in [-0.3, -0.25) is 4.90 Å². The third-order valence-corrected chi connectivity index (χ3v) is 2.82. The molecule has 12 heavy (non-hydrogen) atoms. The summed E-state index contributed by atoms with van der Waals surface area (Å²) in [6, 6.07) is 0.742. The van der Waals surface area contributed by atoms with Crippen LogP contribution in [0.1, 0.15) is 34.1 Å². The second-order valence-electron chi connectivity index (χ2n) is 4.54. The first kappa shape index (κ1) is 10.0.